The molecule has 118 valence electrons. The van der Waals surface area contributed by atoms with Gasteiger partial charge in [0.15, 0.2) is 5.78 Å². The van der Waals surface area contributed by atoms with Crippen molar-refractivity contribution in [3.63, 3.8) is 0 Å². The first-order chi connectivity index (χ1) is 9.49. The Balaban J connectivity index is 3.65. The van der Waals surface area contributed by atoms with E-state index in [0.717, 1.165) is 37.8 Å². The van der Waals surface area contributed by atoms with Crippen LogP contribution in [0.1, 0.15) is 20.3 Å². The molecule has 0 saturated heterocycles. The first-order valence-electron chi connectivity index (χ1n) is 6.78. The van der Waals surface area contributed by atoms with Crippen molar-refractivity contribution in [2.75, 3.05) is 41.0 Å². The standard InChI is InChI=1S/C13H28N2O4Si/c1-12(11-13(2)16)15-9-8-14-7-6-10-20(17-3,18-4)19-5/h11,14-15H,6-10H2,1-5H3/b12-11+. The summed E-state index contributed by atoms with van der Waals surface area (Å²) < 4.78 is 16.0. The fraction of sp³-hybridized carbons (Fsp3) is 0.769. The van der Waals surface area contributed by atoms with E-state index >= 15 is 0 Å². The van der Waals surface area contributed by atoms with E-state index in [1.165, 1.54) is 0 Å². The van der Waals surface area contributed by atoms with Crippen LogP contribution in [0.2, 0.25) is 6.04 Å². The molecule has 0 radical (unpaired) electrons. The lowest BCUT2D eigenvalue weighted by Crippen LogP contribution is -2.43. The maximum atomic E-state index is 10.8. The van der Waals surface area contributed by atoms with Crippen molar-refractivity contribution in [3.05, 3.63) is 11.8 Å². The zero-order valence-electron chi connectivity index (χ0n) is 13.2. The van der Waals surface area contributed by atoms with Crippen LogP contribution in [-0.2, 0) is 18.1 Å². The molecular weight excluding hydrogens is 276 g/mol. The monoisotopic (exact) mass is 304 g/mol. The third-order valence-electron chi connectivity index (χ3n) is 2.89. The molecule has 0 rings (SSSR count). The van der Waals surface area contributed by atoms with Gasteiger partial charge in [0.1, 0.15) is 0 Å². The highest BCUT2D eigenvalue weighted by molar-refractivity contribution is 6.60. The van der Waals surface area contributed by atoms with Crippen LogP contribution in [0.5, 0.6) is 0 Å². The zero-order chi connectivity index (χ0) is 15.4. The van der Waals surface area contributed by atoms with Gasteiger partial charge < -0.3 is 23.9 Å². The van der Waals surface area contributed by atoms with Crippen LogP contribution < -0.4 is 10.6 Å². The molecule has 0 bridgehead atoms. The van der Waals surface area contributed by atoms with Crippen LogP contribution in [0.25, 0.3) is 0 Å². The molecule has 7 heteroatoms. The fourth-order valence-electron chi connectivity index (χ4n) is 1.82. The molecule has 6 nitrogen and oxygen atoms in total. The molecule has 0 aromatic rings. The number of allylic oxidation sites excluding steroid dienone is 2. The second kappa shape index (κ2) is 11.0. The Morgan fingerprint density at radius 3 is 2.15 bits per heavy atom. The molecule has 0 aliphatic heterocycles. The molecule has 0 atom stereocenters. The quantitative estimate of drug-likeness (QED) is 0.317. The average molecular weight is 304 g/mol. The minimum atomic E-state index is -2.42. The van der Waals surface area contributed by atoms with Crippen molar-refractivity contribution in [2.24, 2.45) is 0 Å². The van der Waals surface area contributed by atoms with Crippen LogP contribution in [0.15, 0.2) is 11.8 Å². The number of nitrogens with one attached hydrogen (secondary N) is 2. The van der Waals surface area contributed by atoms with Gasteiger partial charge in [-0.1, -0.05) is 0 Å². The number of hydrogen-bond donors (Lipinski definition) is 2. The van der Waals surface area contributed by atoms with Crippen molar-refractivity contribution in [1.82, 2.24) is 10.6 Å². The van der Waals surface area contributed by atoms with Crippen molar-refractivity contribution in [3.8, 4) is 0 Å². The smallest absolute Gasteiger partial charge is 0.387 e. The van der Waals surface area contributed by atoms with Gasteiger partial charge in [0, 0.05) is 46.2 Å². The second-order valence-corrected chi connectivity index (χ2v) is 7.60. The molecule has 0 spiro atoms. The van der Waals surface area contributed by atoms with E-state index in [1.54, 1.807) is 34.3 Å². The van der Waals surface area contributed by atoms with Gasteiger partial charge in [0.2, 0.25) is 0 Å². The maximum Gasteiger partial charge on any atom is 0.500 e. The lowest BCUT2D eigenvalue weighted by Gasteiger charge is -2.24. The van der Waals surface area contributed by atoms with E-state index in [4.69, 9.17) is 13.3 Å². The van der Waals surface area contributed by atoms with Crippen LogP contribution in [0, 0.1) is 0 Å². The summed E-state index contributed by atoms with van der Waals surface area (Å²) in [7, 11) is 2.45. The number of carbonyl (C=O) groups is 1. The highest BCUT2D eigenvalue weighted by Crippen LogP contribution is 2.14. The summed E-state index contributed by atoms with van der Waals surface area (Å²) in [6.07, 6.45) is 2.53. The average Bonchev–Trinajstić information content (AvgIpc) is 2.42. The number of ketones is 1. The number of rotatable bonds is 12. The van der Waals surface area contributed by atoms with Crippen LogP contribution >= 0.6 is 0 Å². The minimum absolute atomic E-state index is 0.0583. The first-order valence-corrected chi connectivity index (χ1v) is 8.71. The molecule has 0 heterocycles. The lowest BCUT2D eigenvalue weighted by atomic mass is 10.3. The van der Waals surface area contributed by atoms with Crippen LogP contribution in [0.4, 0.5) is 0 Å². The third-order valence-corrected chi connectivity index (χ3v) is 5.73. The Labute approximate surface area is 123 Å². The Bertz CT molecular complexity index is 298. The van der Waals surface area contributed by atoms with E-state index in [-0.39, 0.29) is 5.78 Å². The van der Waals surface area contributed by atoms with E-state index < -0.39 is 8.80 Å². The van der Waals surface area contributed by atoms with Gasteiger partial charge in [0.05, 0.1) is 0 Å². The van der Waals surface area contributed by atoms with Gasteiger partial charge in [0.25, 0.3) is 0 Å². The Hall–Kier alpha value is -0.733. The maximum absolute atomic E-state index is 10.8. The van der Waals surface area contributed by atoms with E-state index in [1.807, 2.05) is 6.92 Å². The molecule has 2 N–H and O–H groups in total. The highest BCUT2D eigenvalue weighted by atomic mass is 28.4. The molecule has 0 aliphatic carbocycles. The summed E-state index contributed by atoms with van der Waals surface area (Å²) in [5.74, 6) is 0.0583. The molecule has 0 aromatic heterocycles. The lowest BCUT2D eigenvalue weighted by molar-refractivity contribution is -0.112. The first kappa shape index (κ1) is 19.3. The van der Waals surface area contributed by atoms with Gasteiger partial charge in [-0.3, -0.25) is 4.79 Å². The van der Waals surface area contributed by atoms with Crippen LogP contribution in [0.3, 0.4) is 0 Å². The molecule has 0 aromatic carbocycles. The summed E-state index contributed by atoms with van der Waals surface area (Å²) in [5.41, 5.74) is 0.892. The van der Waals surface area contributed by atoms with Crippen molar-refractivity contribution < 1.29 is 18.1 Å². The Morgan fingerprint density at radius 2 is 1.65 bits per heavy atom. The molecule has 0 amide bonds. The minimum Gasteiger partial charge on any atom is -0.387 e. The predicted octanol–water partition coefficient (Wildman–Crippen LogP) is 0.927. The van der Waals surface area contributed by atoms with Crippen molar-refractivity contribution >= 4 is 14.6 Å². The molecule has 0 saturated carbocycles. The zero-order valence-corrected chi connectivity index (χ0v) is 14.2. The van der Waals surface area contributed by atoms with Gasteiger partial charge in [-0.25, -0.2) is 0 Å². The molecular formula is C13H28N2O4Si. The summed E-state index contributed by atoms with van der Waals surface area (Å²) in [6.45, 7) is 5.93. The summed E-state index contributed by atoms with van der Waals surface area (Å²) >= 11 is 0. The largest absolute Gasteiger partial charge is 0.500 e. The summed E-state index contributed by atoms with van der Waals surface area (Å²) in [4.78, 5) is 10.8. The Kier molecular flexibility index (Phi) is 10.6. The molecule has 0 aliphatic rings. The molecule has 0 unspecified atom stereocenters. The second-order valence-electron chi connectivity index (χ2n) is 4.51. The van der Waals surface area contributed by atoms with E-state index in [2.05, 4.69) is 10.6 Å². The van der Waals surface area contributed by atoms with Gasteiger partial charge >= 0.3 is 8.80 Å². The van der Waals surface area contributed by atoms with E-state index in [0.29, 0.717) is 0 Å². The van der Waals surface area contributed by atoms with Gasteiger partial charge in [-0.2, -0.15) is 0 Å². The van der Waals surface area contributed by atoms with Crippen molar-refractivity contribution in [2.45, 2.75) is 26.3 Å². The summed E-state index contributed by atoms with van der Waals surface area (Å²) in [6, 6.07) is 0.792. The normalized spacial score (nSPS) is 12.6. The topological polar surface area (TPSA) is 68.8 Å². The number of carbonyl (C=O) groups excluding carboxylic acids is 1. The SMILES string of the molecule is CO[Si](CCCNCCN/C(C)=C/C(C)=O)(OC)OC. The summed E-state index contributed by atoms with van der Waals surface area (Å²) in [5, 5.41) is 6.49. The third kappa shape index (κ3) is 8.44. The number of hydrogen-bond acceptors (Lipinski definition) is 6. The predicted molar refractivity (Wildman–Crippen MR) is 81.5 cm³/mol. The van der Waals surface area contributed by atoms with Gasteiger partial charge in [-0.05, 0) is 32.9 Å². The van der Waals surface area contributed by atoms with Crippen LogP contribution in [-0.4, -0.2) is 55.6 Å². The highest BCUT2D eigenvalue weighted by Gasteiger charge is 2.36. The Morgan fingerprint density at radius 1 is 1.05 bits per heavy atom. The van der Waals surface area contributed by atoms with E-state index in [9.17, 15) is 4.79 Å². The molecule has 20 heavy (non-hydrogen) atoms. The molecule has 0 fully saturated rings. The fourth-order valence-corrected chi connectivity index (χ4v) is 3.54. The van der Waals surface area contributed by atoms with Crippen molar-refractivity contribution in [1.29, 1.82) is 0 Å². The van der Waals surface area contributed by atoms with Gasteiger partial charge in [-0.15, -0.1) is 0 Å².